The molecule has 0 bridgehead atoms. The van der Waals surface area contributed by atoms with Crippen LogP contribution < -0.4 is 10.5 Å². The predicted octanol–water partition coefficient (Wildman–Crippen LogP) is 3.20. The lowest BCUT2D eigenvalue weighted by molar-refractivity contribution is -0.384. The molecule has 0 aliphatic rings. The van der Waals surface area contributed by atoms with E-state index >= 15 is 0 Å². The highest BCUT2D eigenvalue weighted by Gasteiger charge is 2.10. The average Bonchev–Trinajstić information content (AvgIpc) is 2.41. The quantitative estimate of drug-likeness (QED) is 0.528. The van der Waals surface area contributed by atoms with Gasteiger partial charge in [-0.15, -0.1) is 0 Å². The number of rotatable bonds is 4. The Morgan fingerprint density at radius 3 is 2.70 bits per heavy atom. The Hall–Kier alpha value is -2.63. The molecule has 0 atom stereocenters. The molecule has 5 nitrogen and oxygen atoms in total. The van der Waals surface area contributed by atoms with E-state index in [1.54, 1.807) is 19.1 Å². The maximum absolute atomic E-state index is 13.4. The van der Waals surface area contributed by atoms with Crippen molar-refractivity contribution < 1.29 is 14.1 Å². The summed E-state index contributed by atoms with van der Waals surface area (Å²) in [6.45, 7) is 1.69. The van der Waals surface area contributed by atoms with Gasteiger partial charge in [-0.3, -0.25) is 10.1 Å². The summed E-state index contributed by atoms with van der Waals surface area (Å²) in [6, 6.07) is 8.62. The molecule has 0 saturated heterocycles. The molecule has 0 aromatic heterocycles. The minimum atomic E-state index is -0.505. The van der Waals surface area contributed by atoms with E-state index in [4.69, 9.17) is 10.5 Å². The highest BCUT2D eigenvalue weighted by Crippen LogP contribution is 2.22. The summed E-state index contributed by atoms with van der Waals surface area (Å²) in [5, 5.41) is 10.7. The van der Waals surface area contributed by atoms with E-state index in [0.717, 1.165) is 0 Å². The van der Waals surface area contributed by atoms with Crippen LogP contribution in [-0.2, 0) is 6.61 Å². The molecule has 2 aromatic carbocycles. The number of hydrogen-bond acceptors (Lipinski definition) is 4. The Labute approximate surface area is 114 Å². The Morgan fingerprint density at radius 1 is 1.30 bits per heavy atom. The van der Waals surface area contributed by atoms with Gasteiger partial charge in [0.05, 0.1) is 4.92 Å². The van der Waals surface area contributed by atoms with Gasteiger partial charge in [0.25, 0.3) is 5.69 Å². The van der Waals surface area contributed by atoms with E-state index in [0.29, 0.717) is 22.6 Å². The number of nitrogens with zero attached hydrogens (tertiary/aromatic N) is 1. The molecule has 0 amide bonds. The number of ether oxygens (including phenoxy) is 1. The number of nitro groups is 1. The van der Waals surface area contributed by atoms with Gasteiger partial charge in [-0.05, 0) is 24.6 Å². The van der Waals surface area contributed by atoms with Crippen molar-refractivity contribution in [2.75, 3.05) is 5.73 Å². The molecule has 0 aliphatic heterocycles. The summed E-state index contributed by atoms with van der Waals surface area (Å²) in [4.78, 5) is 10.2. The topological polar surface area (TPSA) is 78.4 Å². The second-order valence-corrected chi connectivity index (χ2v) is 4.34. The molecule has 0 radical (unpaired) electrons. The first-order valence-electron chi connectivity index (χ1n) is 5.89. The summed E-state index contributed by atoms with van der Waals surface area (Å²) < 4.78 is 18.8. The zero-order valence-electron chi connectivity index (χ0n) is 10.8. The molecule has 20 heavy (non-hydrogen) atoms. The molecular formula is C14H13FN2O3. The number of aryl methyl sites for hydroxylation is 1. The highest BCUT2D eigenvalue weighted by atomic mass is 19.1. The summed E-state index contributed by atoms with van der Waals surface area (Å²) in [7, 11) is 0. The van der Waals surface area contributed by atoms with E-state index in [1.165, 1.54) is 24.3 Å². The highest BCUT2D eigenvalue weighted by molar-refractivity contribution is 5.52. The van der Waals surface area contributed by atoms with Crippen molar-refractivity contribution in [3.05, 3.63) is 63.5 Å². The predicted molar refractivity (Wildman–Crippen MR) is 73.0 cm³/mol. The number of nitrogens with two attached hydrogens (primary N) is 1. The first-order chi connectivity index (χ1) is 9.47. The summed E-state index contributed by atoms with van der Waals surface area (Å²) in [5.41, 5.74) is 7.07. The molecule has 0 fully saturated rings. The third-order valence-corrected chi connectivity index (χ3v) is 2.88. The van der Waals surface area contributed by atoms with Crippen LogP contribution in [0.4, 0.5) is 15.8 Å². The van der Waals surface area contributed by atoms with Crippen LogP contribution in [0.1, 0.15) is 11.1 Å². The molecule has 0 unspecified atom stereocenters. The fraction of sp³-hybridized carbons (Fsp3) is 0.143. The van der Waals surface area contributed by atoms with E-state index in [9.17, 15) is 14.5 Å². The minimum absolute atomic E-state index is 0.0377. The van der Waals surface area contributed by atoms with Crippen LogP contribution in [0.3, 0.4) is 0 Å². The molecule has 0 saturated carbocycles. The summed E-state index contributed by atoms with van der Waals surface area (Å²) >= 11 is 0. The molecule has 2 N–H and O–H groups in total. The van der Waals surface area contributed by atoms with Crippen molar-refractivity contribution in [2.24, 2.45) is 0 Å². The maximum atomic E-state index is 13.4. The van der Waals surface area contributed by atoms with Gasteiger partial charge in [-0.2, -0.15) is 0 Å². The van der Waals surface area contributed by atoms with Gasteiger partial charge in [0.15, 0.2) is 0 Å². The van der Waals surface area contributed by atoms with Gasteiger partial charge in [0.2, 0.25) is 0 Å². The number of nitrogen functional groups attached to an aromatic ring is 1. The van der Waals surface area contributed by atoms with E-state index in [2.05, 4.69) is 0 Å². The molecule has 0 heterocycles. The molecular weight excluding hydrogens is 263 g/mol. The van der Waals surface area contributed by atoms with Crippen molar-refractivity contribution in [1.82, 2.24) is 0 Å². The summed E-state index contributed by atoms with van der Waals surface area (Å²) in [6.07, 6.45) is 0. The zero-order valence-corrected chi connectivity index (χ0v) is 10.8. The Balaban J connectivity index is 2.15. The van der Waals surface area contributed by atoms with Crippen LogP contribution in [0.2, 0.25) is 0 Å². The number of benzene rings is 2. The summed E-state index contributed by atoms with van der Waals surface area (Å²) in [5.74, 6) is -0.0199. The Kier molecular flexibility index (Phi) is 3.84. The van der Waals surface area contributed by atoms with Crippen molar-refractivity contribution in [1.29, 1.82) is 0 Å². The van der Waals surface area contributed by atoms with Gasteiger partial charge in [-0.25, -0.2) is 4.39 Å². The van der Waals surface area contributed by atoms with E-state index < -0.39 is 4.92 Å². The van der Waals surface area contributed by atoms with Crippen molar-refractivity contribution in [3.63, 3.8) is 0 Å². The Morgan fingerprint density at radius 2 is 2.05 bits per heavy atom. The van der Waals surface area contributed by atoms with E-state index in [-0.39, 0.29) is 18.1 Å². The zero-order chi connectivity index (χ0) is 14.7. The van der Waals surface area contributed by atoms with Crippen LogP contribution in [0, 0.1) is 22.9 Å². The number of nitro benzene ring substituents is 1. The van der Waals surface area contributed by atoms with Gasteiger partial charge < -0.3 is 10.5 Å². The van der Waals surface area contributed by atoms with Crippen molar-refractivity contribution in [2.45, 2.75) is 13.5 Å². The molecule has 2 aromatic rings. The lowest BCUT2D eigenvalue weighted by Crippen LogP contribution is -2.02. The number of hydrogen-bond donors (Lipinski definition) is 1. The second-order valence-electron chi connectivity index (χ2n) is 4.34. The fourth-order valence-electron chi connectivity index (χ4n) is 1.66. The molecule has 0 spiro atoms. The van der Waals surface area contributed by atoms with Crippen LogP contribution in [-0.4, -0.2) is 4.92 Å². The smallest absolute Gasteiger partial charge is 0.269 e. The molecule has 6 heteroatoms. The SMILES string of the molecule is Cc1ccc(OCc2cc([N+](=O)[O-])ccc2N)cc1F. The minimum Gasteiger partial charge on any atom is -0.489 e. The van der Waals surface area contributed by atoms with Crippen LogP contribution >= 0.6 is 0 Å². The molecule has 2 rings (SSSR count). The molecule has 0 aliphatic carbocycles. The van der Waals surface area contributed by atoms with Crippen molar-refractivity contribution >= 4 is 11.4 Å². The van der Waals surface area contributed by atoms with Crippen LogP contribution in [0.25, 0.3) is 0 Å². The van der Waals surface area contributed by atoms with Crippen LogP contribution in [0.15, 0.2) is 36.4 Å². The number of halogens is 1. The Bertz CT molecular complexity index is 659. The lowest BCUT2D eigenvalue weighted by atomic mass is 10.1. The number of anilines is 1. The maximum Gasteiger partial charge on any atom is 0.269 e. The fourth-order valence-corrected chi connectivity index (χ4v) is 1.66. The van der Waals surface area contributed by atoms with Crippen LogP contribution in [0.5, 0.6) is 5.75 Å². The van der Waals surface area contributed by atoms with Gasteiger partial charge >= 0.3 is 0 Å². The van der Waals surface area contributed by atoms with Gasteiger partial charge in [0.1, 0.15) is 18.2 Å². The number of non-ortho nitro benzene ring substituents is 1. The second kappa shape index (κ2) is 5.56. The van der Waals surface area contributed by atoms with Gasteiger partial charge in [-0.1, -0.05) is 6.07 Å². The van der Waals surface area contributed by atoms with Crippen molar-refractivity contribution in [3.8, 4) is 5.75 Å². The molecule has 104 valence electrons. The lowest BCUT2D eigenvalue weighted by Gasteiger charge is -2.09. The first-order valence-corrected chi connectivity index (χ1v) is 5.89. The normalized spacial score (nSPS) is 10.3. The van der Waals surface area contributed by atoms with Gasteiger partial charge in [0, 0.05) is 29.4 Å². The third kappa shape index (κ3) is 3.03. The average molecular weight is 276 g/mol. The third-order valence-electron chi connectivity index (χ3n) is 2.88. The monoisotopic (exact) mass is 276 g/mol. The first kappa shape index (κ1) is 13.8. The standard InChI is InChI=1S/C14H13FN2O3/c1-9-2-4-12(7-13(9)15)20-8-10-6-11(17(18)19)3-5-14(10)16/h2-7H,8,16H2,1H3. The van der Waals surface area contributed by atoms with E-state index in [1.807, 2.05) is 0 Å². The largest absolute Gasteiger partial charge is 0.489 e.